The normalized spacial score (nSPS) is 21.9. The maximum Gasteiger partial charge on any atom is 0.343 e. The van der Waals surface area contributed by atoms with Gasteiger partial charge in [0, 0.05) is 18.8 Å². The van der Waals surface area contributed by atoms with Crippen molar-refractivity contribution < 1.29 is 24.9 Å². The van der Waals surface area contributed by atoms with E-state index in [1.165, 1.54) is 6.42 Å². The van der Waals surface area contributed by atoms with E-state index >= 15 is 0 Å². The number of rotatable bonds is 15. The quantitative estimate of drug-likeness (QED) is 0.150. The largest absolute Gasteiger partial charge is 0.479 e. The summed E-state index contributed by atoms with van der Waals surface area (Å²) in [5.41, 5.74) is -2.36. The van der Waals surface area contributed by atoms with Crippen LogP contribution in [0.1, 0.15) is 84.5 Å². The first-order chi connectivity index (χ1) is 14.3. The molecule has 1 saturated carbocycles. The van der Waals surface area contributed by atoms with Crippen LogP contribution in [0.2, 0.25) is 0 Å². The van der Waals surface area contributed by atoms with Gasteiger partial charge in [0.1, 0.15) is 11.4 Å². The van der Waals surface area contributed by atoms with Gasteiger partial charge in [0.15, 0.2) is 5.44 Å². The molecule has 170 valence electrons. The minimum atomic E-state index is -1.37. The van der Waals surface area contributed by atoms with Crippen molar-refractivity contribution in [3.8, 4) is 11.8 Å². The molecule has 0 saturated heterocycles. The highest BCUT2D eigenvalue weighted by Crippen LogP contribution is 2.34. The van der Waals surface area contributed by atoms with E-state index in [-0.39, 0.29) is 11.8 Å². The number of allylic oxidation sites excluding steroid dienone is 1. The first-order valence-electron chi connectivity index (χ1n) is 11.2. The number of carbonyl (C=O) groups is 2. The Morgan fingerprint density at radius 2 is 2.07 bits per heavy atom. The van der Waals surface area contributed by atoms with Gasteiger partial charge in [0.05, 0.1) is 0 Å². The molecule has 0 bridgehead atoms. The highest BCUT2D eigenvalue weighted by Gasteiger charge is 2.32. The topological polar surface area (TPSA) is 94.8 Å². The van der Waals surface area contributed by atoms with Gasteiger partial charge in [-0.05, 0) is 50.7 Å². The molecule has 0 spiro atoms. The van der Waals surface area contributed by atoms with Crippen LogP contribution < -0.4 is 0 Å². The molecule has 1 aliphatic rings. The van der Waals surface area contributed by atoms with Gasteiger partial charge in [-0.25, -0.2) is 4.79 Å². The molecule has 3 N–H and O–H groups in total. The second-order valence-corrected chi connectivity index (χ2v) is 9.37. The lowest BCUT2D eigenvalue weighted by Crippen LogP contribution is -2.25. The van der Waals surface area contributed by atoms with Crippen LogP contribution in [0.4, 0.5) is 0 Å². The standard InChI is InChI=1S/C24H38O5S/c1-3-5-6-8-16-24(29,15-4-2)17-10-11-19-13-14-21(25)20(19)12-7-9-18-30-23(28)22(26)27/h10-11,19-20,23,28-29H,3,5-9,12-14,16-18H2,1-2H3,(H,26,27)/t19-,20+,23?,24?/m0/s1. The number of ketones is 1. The number of carboxylic acids is 1. The Balaban J connectivity index is 2.48. The van der Waals surface area contributed by atoms with E-state index in [1.807, 2.05) is 6.08 Å². The van der Waals surface area contributed by atoms with Crippen molar-refractivity contribution in [3.63, 3.8) is 0 Å². The van der Waals surface area contributed by atoms with Gasteiger partial charge in [-0.2, -0.15) is 0 Å². The molecule has 0 heterocycles. The second kappa shape index (κ2) is 14.7. The fraction of sp³-hybridized carbons (Fsp3) is 0.750. The number of Topliss-reactive ketones (excluding diaryl/α,β-unsaturated/α-hetero) is 1. The van der Waals surface area contributed by atoms with Crippen molar-refractivity contribution in [1.29, 1.82) is 0 Å². The third-order valence-electron chi connectivity index (χ3n) is 5.69. The summed E-state index contributed by atoms with van der Waals surface area (Å²) in [4.78, 5) is 22.9. The van der Waals surface area contributed by atoms with Crippen LogP contribution in [0.25, 0.3) is 0 Å². The first kappa shape index (κ1) is 26.7. The molecular formula is C24H38O5S. The summed E-state index contributed by atoms with van der Waals surface area (Å²) in [5, 5.41) is 28.8. The molecule has 0 aliphatic heterocycles. The Morgan fingerprint density at radius 1 is 1.30 bits per heavy atom. The monoisotopic (exact) mass is 438 g/mol. The van der Waals surface area contributed by atoms with Gasteiger partial charge in [-0.15, -0.1) is 17.7 Å². The second-order valence-electron chi connectivity index (χ2n) is 8.18. The Hall–Kier alpha value is -1.29. The third-order valence-corrected chi connectivity index (χ3v) is 6.73. The molecule has 6 heteroatoms. The van der Waals surface area contributed by atoms with Crippen LogP contribution in [0.5, 0.6) is 0 Å². The number of unbranched alkanes of at least 4 members (excludes halogenated alkanes) is 4. The van der Waals surface area contributed by atoms with Crippen molar-refractivity contribution >= 4 is 23.5 Å². The van der Waals surface area contributed by atoms with Gasteiger partial charge >= 0.3 is 5.97 Å². The van der Waals surface area contributed by atoms with Crippen molar-refractivity contribution in [2.24, 2.45) is 11.8 Å². The zero-order chi connectivity index (χ0) is 22.4. The van der Waals surface area contributed by atoms with Gasteiger partial charge < -0.3 is 15.3 Å². The smallest absolute Gasteiger partial charge is 0.343 e. The molecule has 5 nitrogen and oxygen atoms in total. The number of carboxylic acid groups (broad SMARTS) is 1. The van der Waals surface area contributed by atoms with Gasteiger partial charge in [0.2, 0.25) is 0 Å². The van der Waals surface area contributed by atoms with E-state index in [0.29, 0.717) is 30.8 Å². The summed E-state index contributed by atoms with van der Waals surface area (Å²) in [6.07, 6.45) is 13.5. The van der Waals surface area contributed by atoms with Crippen molar-refractivity contribution in [2.75, 3.05) is 5.75 Å². The van der Waals surface area contributed by atoms with Gasteiger partial charge in [0.25, 0.3) is 0 Å². The Labute approximate surface area is 185 Å². The Kier molecular flexibility index (Phi) is 13.1. The molecule has 0 radical (unpaired) electrons. The number of carbonyl (C=O) groups excluding carboxylic acids is 1. The van der Waals surface area contributed by atoms with Gasteiger partial charge in [-0.3, -0.25) is 4.79 Å². The van der Waals surface area contributed by atoms with Gasteiger partial charge in [-0.1, -0.05) is 50.7 Å². The zero-order valence-corrected chi connectivity index (χ0v) is 19.3. The average Bonchev–Trinajstić information content (AvgIpc) is 3.05. The fourth-order valence-corrected chi connectivity index (χ4v) is 4.74. The molecule has 1 fully saturated rings. The molecule has 30 heavy (non-hydrogen) atoms. The zero-order valence-electron chi connectivity index (χ0n) is 18.4. The van der Waals surface area contributed by atoms with Crippen molar-refractivity contribution in [2.45, 2.75) is 95.5 Å². The van der Waals surface area contributed by atoms with E-state index in [4.69, 9.17) is 5.11 Å². The van der Waals surface area contributed by atoms with Crippen LogP contribution in [0.3, 0.4) is 0 Å². The predicted molar refractivity (Wildman–Crippen MR) is 122 cm³/mol. The number of thioether (sulfide) groups is 1. The molecule has 2 unspecified atom stereocenters. The number of hydrogen-bond donors (Lipinski definition) is 3. The summed E-state index contributed by atoms with van der Waals surface area (Å²) in [6, 6.07) is 0. The summed E-state index contributed by atoms with van der Waals surface area (Å²) < 4.78 is 0. The highest BCUT2D eigenvalue weighted by atomic mass is 32.2. The van der Waals surface area contributed by atoms with E-state index < -0.39 is 17.0 Å². The summed E-state index contributed by atoms with van der Waals surface area (Å²) in [5.74, 6) is 5.68. The maximum atomic E-state index is 12.3. The lowest BCUT2D eigenvalue weighted by molar-refractivity contribution is -0.141. The molecule has 1 rings (SSSR count). The minimum absolute atomic E-state index is 0.00514. The van der Waals surface area contributed by atoms with Crippen LogP contribution in [-0.4, -0.2) is 43.9 Å². The minimum Gasteiger partial charge on any atom is -0.479 e. The van der Waals surface area contributed by atoms with Crippen LogP contribution >= 0.6 is 11.8 Å². The summed E-state index contributed by atoms with van der Waals surface area (Å²) >= 11 is 1.02. The third kappa shape index (κ3) is 10.1. The van der Waals surface area contributed by atoms with E-state index in [0.717, 1.165) is 56.7 Å². The summed E-state index contributed by atoms with van der Waals surface area (Å²) in [6.45, 7) is 3.92. The molecule has 1 aliphatic carbocycles. The van der Waals surface area contributed by atoms with E-state index in [2.05, 4.69) is 24.8 Å². The average molecular weight is 439 g/mol. The SMILES string of the molecule is CC#CC(O)(CC=C[C@H]1CCC(=O)[C@@H]1CCCCSC(O)C(=O)O)CCCCCC. The molecule has 4 atom stereocenters. The predicted octanol–water partition coefficient (Wildman–Crippen LogP) is 4.56. The van der Waals surface area contributed by atoms with Crippen LogP contribution in [0.15, 0.2) is 12.2 Å². The fourth-order valence-electron chi connectivity index (χ4n) is 4.00. The lowest BCUT2D eigenvalue weighted by atomic mass is 9.88. The van der Waals surface area contributed by atoms with E-state index in [9.17, 15) is 19.8 Å². The number of hydrogen-bond acceptors (Lipinski definition) is 5. The molecule has 0 aromatic carbocycles. The van der Waals surface area contributed by atoms with E-state index in [1.54, 1.807) is 6.92 Å². The highest BCUT2D eigenvalue weighted by molar-refractivity contribution is 8.00. The maximum absolute atomic E-state index is 12.3. The van der Waals surface area contributed by atoms with Crippen molar-refractivity contribution in [3.05, 3.63) is 12.2 Å². The Bertz CT molecular complexity index is 621. The number of aliphatic carboxylic acids is 1. The number of aliphatic hydroxyl groups is 2. The number of aliphatic hydroxyl groups excluding tert-OH is 1. The Morgan fingerprint density at radius 3 is 2.73 bits per heavy atom. The first-order valence-corrected chi connectivity index (χ1v) is 12.3. The van der Waals surface area contributed by atoms with Crippen LogP contribution in [-0.2, 0) is 9.59 Å². The van der Waals surface area contributed by atoms with Crippen molar-refractivity contribution in [1.82, 2.24) is 0 Å². The molecule has 0 amide bonds. The lowest BCUT2D eigenvalue weighted by Gasteiger charge is -2.21. The molecule has 0 aromatic rings. The summed E-state index contributed by atoms with van der Waals surface area (Å²) in [7, 11) is 0. The molecular weight excluding hydrogens is 400 g/mol. The van der Waals surface area contributed by atoms with Crippen LogP contribution in [0, 0.1) is 23.7 Å². The molecule has 0 aromatic heterocycles.